The molecule has 1 aliphatic heterocycles. The molecule has 28 heavy (non-hydrogen) atoms. The number of aryl methyl sites for hydroxylation is 1. The van der Waals surface area contributed by atoms with Crippen LogP contribution >= 0.6 is 0 Å². The number of tetrazole rings is 1. The quantitative estimate of drug-likeness (QED) is 0.620. The molecular weight excluding hydrogens is 362 g/mol. The molecule has 1 fully saturated rings. The molecule has 10 heteroatoms. The highest BCUT2D eigenvalue weighted by molar-refractivity contribution is 5.78. The van der Waals surface area contributed by atoms with Crippen molar-refractivity contribution in [3.63, 3.8) is 0 Å². The Morgan fingerprint density at radius 2 is 2.14 bits per heavy atom. The number of nitrogens with zero attached hydrogens (tertiary/aromatic N) is 6. The molecule has 4 rings (SSSR count). The summed E-state index contributed by atoms with van der Waals surface area (Å²) in [6, 6.07) is 9.08. The van der Waals surface area contributed by atoms with Crippen LogP contribution in [0.1, 0.15) is 11.4 Å². The molecule has 2 atom stereocenters. The predicted molar refractivity (Wildman–Crippen MR) is 97.8 cm³/mol. The number of carbonyl (C=O) groups is 1. The number of hydrogen-bond donors (Lipinski definition) is 2. The summed E-state index contributed by atoms with van der Waals surface area (Å²) in [4.78, 5) is 14.1. The van der Waals surface area contributed by atoms with Crippen LogP contribution < -0.4 is 4.74 Å². The molecule has 1 amide bonds. The molecule has 1 aliphatic rings. The Balaban J connectivity index is 1.29. The third-order valence-corrected chi connectivity index (χ3v) is 4.80. The highest BCUT2D eigenvalue weighted by Crippen LogP contribution is 2.22. The van der Waals surface area contributed by atoms with E-state index in [1.165, 1.54) is 11.0 Å². The van der Waals surface area contributed by atoms with E-state index in [1.54, 1.807) is 29.2 Å². The summed E-state index contributed by atoms with van der Waals surface area (Å²) in [7, 11) is 0. The van der Waals surface area contributed by atoms with Gasteiger partial charge in [0.05, 0.1) is 17.5 Å². The summed E-state index contributed by atoms with van der Waals surface area (Å²) in [6.45, 7) is 2.66. The van der Waals surface area contributed by atoms with E-state index in [9.17, 15) is 9.90 Å². The normalized spacial score (nSPS) is 19.1. The van der Waals surface area contributed by atoms with Crippen molar-refractivity contribution in [2.24, 2.45) is 5.92 Å². The number of β-amino-alcohol motifs (C(OH)–C–C–N with tert-alkyl or cyclic N) is 1. The summed E-state index contributed by atoms with van der Waals surface area (Å²) in [5, 5.41) is 28.4. The number of benzene rings is 1. The molecule has 0 bridgehead atoms. The largest absolute Gasteiger partial charge is 0.484 e. The van der Waals surface area contributed by atoms with Gasteiger partial charge in [0.2, 0.25) is 0 Å². The number of rotatable bonds is 6. The number of H-pyrrole nitrogens is 1. The highest BCUT2D eigenvalue weighted by Gasteiger charge is 2.34. The zero-order valence-corrected chi connectivity index (χ0v) is 15.4. The van der Waals surface area contributed by atoms with Crippen LogP contribution in [0.3, 0.4) is 0 Å². The van der Waals surface area contributed by atoms with E-state index in [0.29, 0.717) is 25.3 Å². The lowest BCUT2D eigenvalue weighted by Gasteiger charge is -2.16. The fourth-order valence-corrected chi connectivity index (χ4v) is 3.32. The topological polar surface area (TPSA) is 122 Å². The summed E-state index contributed by atoms with van der Waals surface area (Å²) in [5.41, 5.74) is 2.67. The SMILES string of the molecule is Cc1cc(C[C@@H]2CN(C(=O)COc3ccc(-n4cnnn4)cc3)C[C@@H]2O)n[nH]1. The maximum Gasteiger partial charge on any atom is 0.260 e. The lowest BCUT2D eigenvalue weighted by atomic mass is 10.0. The zero-order chi connectivity index (χ0) is 19.5. The number of carbonyl (C=O) groups excluding carboxylic acids is 1. The van der Waals surface area contributed by atoms with Crippen molar-refractivity contribution < 1.29 is 14.6 Å². The second-order valence-corrected chi connectivity index (χ2v) is 6.91. The van der Waals surface area contributed by atoms with Crippen LogP contribution in [0, 0.1) is 12.8 Å². The zero-order valence-electron chi connectivity index (χ0n) is 15.4. The minimum atomic E-state index is -0.559. The number of amides is 1. The molecule has 1 aromatic carbocycles. The van der Waals surface area contributed by atoms with Crippen molar-refractivity contribution in [1.29, 1.82) is 0 Å². The van der Waals surface area contributed by atoms with Gasteiger partial charge >= 0.3 is 0 Å². The average Bonchev–Trinajstić information content (AvgIpc) is 3.43. The Morgan fingerprint density at radius 1 is 1.32 bits per heavy atom. The molecule has 3 heterocycles. The van der Waals surface area contributed by atoms with Crippen LogP contribution in [0.5, 0.6) is 5.75 Å². The fourth-order valence-electron chi connectivity index (χ4n) is 3.32. The van der Waals surface area contributed by atoms with Gasteiger partial charge in [0.25, 0.3) is 5.91 Å². The van der Waals surface area contributed by atoms with Gasteiger partial charge in [-0.1, -0.05) is 0 Å². The lowest BCUT2D eigenvalue weighted by Crippen LogP contribution is -2.33. The number of hydrogen-bond acceptors (Lipinski definition) is 7. The van der Waals surface area contributed by atoms with Gasteiger partial charge in [0, 0.05) is 24.7 Å². The van der Waals surface area contributed by atoms with E-state index >= 15 is 0 Å². The first-order chi connectivity index (χ1) is 13.6. The predicted octanol–water partition coefficient (Wildman–Crippen LogP) is 0.135. The number of aromatic nitrogens is 6. The molecule has 3 aromatic rings. The van der Waals surface area contributed by atoms with E-state index in [0.717, 1.165) is 17.1 Å². The monoisotopic (exact) mass is 383 g/mol. The number of aromatic amines is 1. The molecule has 146 valence electrons. The van der Waals surface area contributed by atoms with Gasteiger partial charge in [-0.15, -0.1) is 5.10 Å². The smallest absolute Gasteiger partial charge is 0.260 e. The van der Waals surface area contributed by atoms with Crippen LogP contribution in [0.4, 0.5) is 0 Å². The molecule has 0 saturated carbocycles. The standard InChI is InChI=1S/C18H21N7O3/c1-12-6-14(21-20-12)7-13-8-24(9-17(13)26)18(27)10-28-16-4-2-15(3-5-16)25-11-19-22-23-25/h2-6,11,13,17,26H,7-10H2,1H3,(H,20,21)/t13-,17+/m1/s1. The van der Waals surface area contributed by atoms with Crippen molar-refractivity contribution in [1.82, 2.24) is 35.3 Å². The van der Waals surface area contributed by atoms with Crippen molar-refractivity contribution in [2.45, 2.75) is 19.4 Å². The van der Waals surface area contributed by atoms with Crippen LogP contribution in [0.2, 0.25) is 0 Å². The Hall–Kier alpha value is -3.27. The molecule has 1 saturated heterocycles. The first kappa shape index (κ1) is 18.1. The Labute approximate surface area is 161 Å². The van der Waals surface area contributed by atoms with Crippen LogP contribution in [0.15, 0.2) is 36.7 Å². The summed E-state index contributed by atoms with van der Waals surface area (Å²) >= 11 is 0. The van der Waals surface area contributed by atoms with Gasteiger partial charge in [0.15, 0.2) is 6.61 Å². The molecule has 10 nitrogen and oxygen atoms in total. The Bertz CT molecular complexity index is 923. The minimum Gasteiger partial charge on any atom is -0.484 e. The summed E-state index contributed by atoms with van der Waals surface area (Å²) < 4.78 is 7.12. The first-order valence-electron chi connectivity index (χ1n) is 9.01. The van der Waals surface area contributed by atoms with Crippen molar-refractivity contribution in [2.75, 3.05) is 19.7 Å². The van der Waals surface area contributed by atoms with Gasteiger partial charge in [-0.25, -0.2) is 4.68 Å². The highest BCUT2D eigenvalue weighted by atomic mass is 16.5. The van der Waals surface area contributed by atoms with E-state index in [-0.39, 0.29) is 18.4 Å². The number of nitrogens with one attached hydrogen (secondary N) is 1. The van der Waals surface area contributed by atoms with E-state index in [4.69, 9.17) is 4.74 Å². The van der Waals surface area contributed by atoms with Crippen molar-refractivity contribution >= 4 is 5.91 Å². The van der Waals surface area contributed by atoms with E-state index in [1.807, 2.05) is 13.0 Å². The van der Waals surface area contributed by atoms with E-state index < -0.39 is 6.10 Å². The number of aliphatic hydroxyl groups excluding tert-OH is 1. The average molecular weight is 383 g/mol. The Kier molecular flexibility index (Phi) is 5.02. The van der Waals surface area contributed by atoms with Crippen molar-refractivity contribution in [3.05, 3.63) is 48.0 Å². The third-order valence-electron chi connectivity index (χ3n) is 4.80. The third kappa shape index (κ3) is 4.01. The summed E-state index contributed by atoms with van der Waals surface area (Å²) in [5.74, 6) is 0.403. The lowest BCUT2D eigenvalue weighted by molar-refractivity contribution is -0.132. The molecule has 0 spiro atoms. The first-order valence-corrected chi connectivity index (χ1v) is 9.01. The van der Waals surface area contributed by atoms with Crippen LogP contribution in [0.25, 0.3) is 5.69 Å². The van der Waals surface area contributed by atoms with E-state index in [2.05, 4.69) is 25.7 Å². The van der Waals surface area contributed by atoms with Crippen LogP contribution in [-0.4, -0.2) is 72.1 Å². The van der Waals surface area contributed by atoms with Crippen LogP contribution in [-0.2, 0) is 11.2 Å². The van der Waals surface area contributed by atoms with Gasteiger partial charge in [-0.05, 0) is 54.1 Å². The van der Waals surface area contributed by atoms with Gasteiger partial charge in [-0.3, -0.25) is 9.89 Å². The molecular formula is C18H21N7O3. The maximum atomic E-state index is 12.5. The second-order valence-electron chi connectivity index (χ2n) is 6.91. The van der Waals surface area contributed by atoms with Crippen molar-refractivity contribution in [3.8, 4) is 11.4 Å². The van der Waals surface area contributed by atoms with Gasteiger partial charge in [-0.2, -0.15) is 5.10 Å². The summed E-state index contributed by atoms with van der Waals surface area (Å²) in [6.07, 6.45) is 1.57. The number of aliphatic hydroxyl groups is 1. The minimum absolute atomic E-state index is 0.0257. The van der Waals surface area contributed by atoms with Gasteiger partial charge < -0.3 is 14.7 Å². The maximum absolute atomic E-state index is 12.5. The molecule has 0 radical (unpaired) electrons. The molecule has 2 N–H and O–H groups in total. The molecule has 0 aliphatic carbocycles. The molecule has 0 unspecified atom stereocenters. The fraction of sp³-hybridized carbons (Fsp3) is 0.389. The number of likely N-dealkylation sites (tertiary alicyclic amines) is 1. The Morgan fingerprint density at radius 3 is 2.82 bits per heavy atom. The van der Waals surface area contributed by atoms with Gasteiger partial charge in [0.1, 0.15) is 12.1 Å². The molecule has 2 aromatic heterocycles. The second kappa shape index (κ2) is 7.77. The number of ether oxygens (including phenoxy) is 1.